The molecule has 0 saturated heterocycles. The molecule has 0 saturated carbocycles. The molecule has 21 heavy (non-hydrogen) atoms. The predicted octanol–water partition coefficient (Wildman–Crippen LogP) is 3.43. The van der Waals surface area contributed by atoms with Gasteiger partial charge in [-0.2, -0.15) is 0 Å². The lowest BCUT2D eigenvalue weighted by atomic mass is 10.1. The third kappa shape index (κ3) is 3.95. The van der Waals surface area contributed by atoms with E-state index in [2.05, 4.69) is 14.5 Å². The number of nitrogens with zero attached hydrogens (tertiary/aromatic N) is 1. The van der Waals surface area contributed by atoms with E-state index in [0.29, 0.717) is 11.3 Å². The molecule has 7 heteroatoms. The zero-order chi connectivity index (χ0) is 15.5. The van der Waals surface area contributed by atoms with Gasteiger partial charge >= 0.3 is 12.3 Å². The van der Waals surface area contributed by atoms with Crippen LogP contribution in [0.1, 0.15) is 10.5 Å². The minimum Gasteiger partial charge on any atom is -0.464 e. The molecule has 2 rings (SSSR count). The Morgan fingerprint density at radius 1 is 1.14 bits per heavy atom. The first-order valence-corrected chi connectivity index (χ1v) is 5.80. The van der Waals surface area contributed by atoms with E-state index in [0.717, 1.165) is 0 Å². The summed E-state index contributed by atoms with van der Waals surface area (Å²) in [5.74, 6) is -0.982. The fourth-order valence-electron chi connectivity index (χ4n) is 1.67. The van der Waals surface area contributed by atoms with E-state index in [9.17, 15) is 18.0 Å². The molecule has 0 unspecified atom stereocenters. The fourth-order valence-corrected chi connectivity index (χ4v) is 1.67. The lowest BCUT2D eigenvalue weighted by Gasteiger charge is -2.10. The van der Waals surface area contributed by atoms with Crippen molar-refractivity contribution in [2.24, 2.45) is 0 Å². The maximum absolute atomic E-state index is 12.2. The highest BCUT2D eigenvalue weighted by Crippen LogP contribution is 2.27. The number of alkyl halides is 3. The number of carbonyl (C=O) groups is 1. The number of methoxy groups -OCH3 is 1. The molecule has 4 nitrogen and oxygen atoms in total. The third-order valence-electron chi connectivity index (χ3n) is 2.51. The Hall–Kier alpha value is -2.57. The summed E-state index contributed by atoms with van der Waals surface area (Å²) < 4.78 is 45.0. The van der Waals surface area contributed by atoms with Gasteiger partial charge in [-0.05, 0) is 24.3 Å². The molecular formula is C14H10F3NO3. The Bertz CT molecular complexity index is 656. The van der Waals surface area contributed by atoms with Gasteiger partial charge in [-0.1, -0.05) is 18.2 Å². The van der Waals surface area contributed by atoms with Crippen molar-refractivity contribution in [1.29, 1.82) is 0 Å². The van der Waals surface area contributed by atoms with Gasteiger partial charge in [0.05, 0.1) is 12.8 Å². The minimum atomic E-state index is -4.76. The molecule has 0 aliphatic heterocycles. The van der Waals surface area contributed by atoms with E-state index in [4.69, 9.17) is 0 Å². The summed E-state index contributed by atoms with van der Waals surface area (Å²) in [5.41, 5.74) is 0.796. The molecule has 110 valence electrons. The van der Waals surface area contributed by atoms with Crippen LogP contribution in [0.15, 0.2) is 42.5 Å². The summed E-state index contributed by atoms with van der Waals surface area (Å²) in [6.07, 6.45) is -4.76. The van der Waals surface area contributed by atoms with E-state index >= 15 is 0 Å². The van der Waals surface area contributed by atoms with Gasteiger partial charge in [0, 0.05) is 5.56 Å². The Labute approximate surface area is 118 Å². The summed E-state index contributed by atoms with van der Waals surface area (Å²) in [6, 6.07) is 9.92. The maximum atomic E-state index is 12.2. The molecule has 0 bridgehead atoms. The largest absolute Gasteiger partial charge is 0.573 e. The van der Waals surface area contributed by atoms with Crippen LogP contribution in [0.4, 0.5) is 13.2 Å². The zero-order valence-electron chi connectivity index (χ0n) is 10.8. The quantitative estimate of drug-likeness (QED) is 0.814. The van der Waals surface area contributed by atoms with Crippen molar-refractivity contribution in [1.82, 2.24) is 4.98 Å². The minimum absolute atomic E-state index is 0.0668. The first-order chi connectivity index (χ1) is 9.89. The number of aromatic nitrogens is 1. The number of esters is 1. The monoisotopic (exact) mass is 297 g/mol. The molecule has 1 heterocycles. The number of pyridine rings is 1. The number of hydrogen-bond donors (Lipinski definition) is 0. The van der Waals surface area contributed by atoms with Crippen molar-refractivity contribution in [2.45, 2.75) is 6.36 Å². The number of halogens is 3. The summed E-state index contributed by atoms with van der Waals surface area (Å²) in [7, 11) is 1.22. The second-order valence-electron chi connectivity index (χ2n) is 3.98. The topological polar surface area (TPSA) is 48.4 Å². The van der Waals surface area contributed by atoms with Crippen LogP contribution >= 0.6 is 0 Å². The average Bonchev–Trinajstić information content (AvgIpc) is 2.45. The van der Waals surface area contributed by atoms with Gasteiger partial charge < -0.3 is 9.47 Å². The van der Waals surface area contributed by atoms with Crippen molar-refractivity contribution in [2.75, 3.05) is 7.11 Å². The highest BCUT2D eigenvalue weighted by atomic mass is 19.4. The van der Waals surface area contributed by atoms with Crippen LogP contribution in [0.25, 0.3) is 11.3 Å². The SMILES string of the molecule is COC(=O)c1cccc(-c2cccc(OC(F)(F)F)c2)n1. The van der Waals surface area contributed by atoms with E-state index in [1.54, 1.807) is 18.2 Å². The third-order valence-corrected chi connectivity index (χ3v) is 2.51. The summed E-state index contributed by atoms with van der Waals surface area (Å²) >= 11 is 0. The van der Waals surface area contributed by atoms with Gasteiger partial charge in [-0.3, -0.25) is 0 Å². The lowest BCUT2D eigenvalue weighted by Crippen LogP contribution is -2.17. The van der Waals surface area contributed by atoms with Crippen LogP contribution in [0.2, 0.25) is 0 Å². The van der Waals surface area contributed by atoms with Gasteiger partial charge in [-0.15, -0.1) is 13.2 Å². The van der Waals surface area contributed by atoms with E-state index in [1.165, 1.54) is 31.4 Å². The van der Waals surface area contributed by atoms with E-state index in [1.807, 2.05) is 0 Å². The number of rotatable bonds is 3. The molecule has 0 amide bonds. The first-order valence-electron chi connectivity index (χ1n) is 5.80. The van der Waals surface area contributed by atoms with Crippen molar-refractivity contribution in [3.05, 3.63) is 48.2 Å². The molecule has 1 aromatic heterocycles. The van der Waals surface area contributed by atoms with Crippen LogP contribution in [-0.2, 0) is 4.74 Å². The van der Waals surface area contributed by atoms with E-state index in [-0.39, 0.29) is 11.4 Å². The van der Waals surface area contributed by atoms with Crippen molar-refractivity contribution >= 4 is 5.97 Å². The summed E-state index contributed by atoms with van der Waals surface area (Å²) in [6.45, 7) is 0. The Balaban J connectivity index is 2.34. The lowest BCUT2D eigenvalue weighted by molar-refractivity contribution is -0.274. The number of hydrogen-bond acceptors (Lipinski definition) is 4. The number of carbonyl (C=O) groups excluding carboxylic acids is 1. The second-order valence-corrected chi connectivity index (χ2v) is 3.98. The van der Waals surface area contributed by atoms with Crippen LogP contribution in [-0.4, -0.2) is 24.4 Å². The van der Waals surface area contributed by atoms with Crippen molar-refractivity contribution in [3.63, 3.8) is 0 Å². The number of ether oxygens (including phenoxy) is 2. The normalized spacial score (nSPS) is 11.0. The standard InChI is InChI=1S/C14H10F3NO3/c1-20-13(19)12-7-3-6-11(18-12)9-4-2-5-10(8-9)21-14(15,16)17/h2-8H,1H3. The molecule has 0 radical (unpaired) electrons. The maximum Gasteiger partial charge on any atom is 0.573 e. The highest BCUT2D eigenvalue weighted by Gasteiger charge is 2.31. The molecule has 0 aliphatic rings. The summed E-state index contributed by atoms with van der Waals surface area (Å²) in [4.78, 5) is 15.4. The number of benzene rings is 1. The molecular weight excluding hydrogens is 287 g/mol. The van der Waals surface area contributed by atoms with Crippen LogP contribution < -0.4 is 4.74 Å². The van der Waals surface area contributed by atoms with Crippen LogP contribution in [0, 0.1) is 0 Å². The predicted molar refractivity (Wildman–Crippen MR) is 67.7 cm³/mol. The molecule has 0 spiro atoms. The Morgan fingerprint density at radius 2 is 1.86 bits per heavy atom. The molecule has 0 atom stereocenters. The summed E-state index contributed by atoms with van der Waals surface area (Å²) in [5, 5.41) is 0. The smallest absolute Gasteiger partial charge is 0.464 e. The Morgan fingerprint density at radius 3 is 2.52 bits per heavy atom. The molecule has 1 aromatic carbocycles. The van der Waals surface area contributed by atoms with Gasteiger partial charge in [0.25, 0.3) is 0 Å². The zero-order valence-corrected chi connectivity index (χ0v) is 10.8. The highest BCUT2D eigenvalue weighted by molar-refractivity contribution is 5.87. The van der Waals surface area contributed by atoms with Gasteiger partial charge in [0.15, 0.2) is 0 Å². The first kappa shape index (κ1) is 14.8. The van der Waals surface area contributed by atoms with E-state index < -0.39 is 12.3 Å². The molecule has 0 aliphatic carbocycles. The molecule has 2 aromatic rings. The van der Waals surface area contributed by atoms with Gasteiger partial charge in [-0.25, -0.2) is 9.78 Å². The van der Waals surface area contributed by atoms with Gasteiger partial charge in [0.2, 0.25) is 0 Å². The van der Waals surface area contributed by atoms with Gasteiger partial charge in [0.1, 0.15) is 11.4 Å². The van der Waals surface area contributed by atoms with Crippen molar-refractivity contribution in [3.8, 4) is 17.0 Å². The molecule has 0 N–H and O–H groups in total. The molecule has 0 fully saturated rings. The average molecular weight is 297 g/mol. The second kappa shape index (κ2) is 5.82. The van der Waals surface area contributed by atoms with Crippen LogP contribution in [0.5, 0.6) is 5.75 Å². The van der Waals surface area contributed by atoms with Crippen LogP contribution in [0.3, 0.4) is 0 Å². The fraction of sp³-hybridized carbons (Fsp3) is 0.143. The van der Waals surface area contributed by atoms with Crippen molar-refractivity contribution < 1.29 is 27.4 Å². The Kier molecular flexibility index (Phi) is 4.11.